The molecule has 0 bridgehead atoms. The topological polar surface area (TPSA) is 16.6 Å². The number of hydrogen-bond donors (Lipinski definition) is 1. The third-order valence-corrected chi connectivity index (χ3v) is 0.124. The van der Waals surface area contributed by atoms with Crippen molar-refractivity contribution in [3.63, 3.8) is 0 Å². The smallest absolute Gasteiger partial charge is 0.113 e. The van der Waals surface area contributed by atoms with Crippen LogP contribution in [-0.2, 0) is 0 Å². The maximum atomic E-state index is 10.4. The maximum absolute atomic E-state index is 10.4. The van der Waals surface area contributed by atoms with Crippen LogP contribution >= 0.6 is 0 Å². The fourth-order valence-electron chi connectivity index (χ4n) is 0. The van der Waals surface area contributed by atoms with Gasteiger partial charge in [0.1, 0.15) is 0 Å². The maximum Gasteiger partial charge on any atom is 0.594 e. The molecule has 6 heavy (non-hydrogen) atoms. The van der Waals surface area contributed by atoms with E-state index >= 15 is 0 Å². The molecule has 2 N–H and O–H groups in total. The summed E-state index contributed by atoms with van der Waals surface area (Å²) in [5, 5.41) is 0. The van der Waals surface area contributed by atoms with Crippen LogP contribution in [0.4, 0.5) is 17.7 Å². The molecule has 1 nitrogen and oxygen atoms in total. The minimum Gasteiger partial charge on any atom is -0.113 e. The number of rotatable bonds is 0. The molecule has 0 aliphatic rings. The number of nitrogens with two attached hydrogens (primary N) is 1. The summed E-state index contributed by atoms with van der Waals surface area (Å²) in [5.74, 6) is 0. The molecule has 0 aliphatic heterocycles. The molecule has 0 saturated carbocycles. The van der Waals surface area contributed by atoms with Crippen LogP contribution < -0.4 is 5.54 Å². The summed E-state index contributed by atoms with van der Waals surface area (Å²) >= 11 is 0. The van der Waals surface area contributed by atoms with Crippen LogP contribution in [0.15, 0.2) is 0 Å². The van der Waals surface area contributed by atoms with E-state index in [1.54, 1.807) is 0 Å². The van der Waals surface area contributed by atoms with Gasteiger partial charge in [-0.05, 0) is 0 Å². The van der Waals surface area contributed by atoms with Crippen LogP contribution in [0.5, 0.6) is 0 Å². The Morgan fingerprint density at radius 2 is 1.33 bits per heavy atom. The first-order chi connectivity index (χ1) is 2.56. The van der Waals surface area contributed by atoms with Crippen molar-refractivity contribution in [2.45, 2.75) is 6.30 Å². The van der Waals surface area contributed by atoms with Gasteiger partial charge in [-0.15, -0.1) is 13.2 Å². The Labute approximate surface area is 30.9 Å². The Balaban J connectivity index is 3.17. The van der Waals surface area contributed by atoms with Gasteiger partial charge in [0.25, 0.3) is 0 Å². The van der Waals surface area contributed by atoms with E-state index in [-0.39, 0.29) is 0 Å². The molecule has 0 spiro atoms. The minimum atomic E-state index is -4.75. The highest BCUT2D eigenvalue weighted by Gasteiger charge is 2.33. The molecule has 0 aliphatic carbocycles. The summed E-state index contributed by atoms with van der Waals surface area (Å²) in [7, 11) is 0. The first kappa shape index (κ1) is 5.68. The average molecular weight is 104 g/mol. The van der Waals surface area contributed by atoms with E-state index in [4.69, 9.17) is 0 Å². The van der Waals surface area contributed by atoms with E-state index in [1.165, 1.54) is 0 Å². The van der Waals surface area contributed by atoms with E-state index in [0.29, 0.717) is 0 Å². The molecule has 0 fully saturated rings. The van der Waals surface area contributed by atoms with Gasteiger partial charge in [0.15, 0.2) is 0 Å². The molecule has 0 radical (unpaired) electrons. The first-order valence-corrected chi connectivity index (χ1v) is 1.07. The SMILES string of the molecule is F[NH2+]C(F)(F)F. The van der Waals surface area contributed by atoms with Crippen molar-refractivity contribution in [3.05, 3.63) is 0 Å². The molecular formula is CH2F4N+. The quantitative estimate of drug-likeness (QED) is 0.252. The lowest BCUT2D eigenvalue weighted by Gasteiger charge is -1.88. The van der Waals surface area contributed by atoms with Crippen molar-refractivity contribution in [1.82, 2.24) is 0 Å². The molecule has 0 atom stereocenters. The third-order valence-electron chi connectivity index (χ3n) is 0.124. The number of alkyl halides is 3. The lowest BCUT2D eigenvalue weighted by atomic mass is 11.2. The van der Waals surface area contributed by atoms with Gasteiger partial charge in [-0.1, -0.05) is 5.54 Å². The standard InChI is InChI=1S/CHF4N/c2-1(3,4)6-5/h6H/p+1. The Morgan fingerprint density at radius 3 is 1.33 bits per heavy atom. The summed E-state index contributed by atoms with van der Waals surface area (Å²) in [4.78, 5) is 0. The molecule has 5 heteroatoms. The van der Waals surface area contributed by atoms with E-state index in [0.717, 1.165) is 0 Å². The highest BCUT2D eigenvalue weighted by molar-refractivity contribution is 4.03. The van der Waals surface area contributed by atoms with E-state index in [9.17, 15) is 17.7 Å². The fraction of sp³-hybridized carbons (Fsp3) is 1.00. The van der Waals surface area contributed by atoms with E-state index in [1.807, 2.05) is 0 Å². The van der Waals surface area contributed by atoms with E-state index < -0.39 is 11.8 Å². The van der Waals surface area contributed by atoms with Gasteiger partial charge in [-0.2, -0.15) is 0 Å². The largest absolute Gasteiger partial charge is 0.594 e. The summed E-state index contributed by atoms with van der Waals surface area (Å²) in [6, 6.07) is 0. The average Bonchev–Trinajstić information content (AvgIpc) is 1.35. The Kier molecular flexibility index (Phi) is 1.34. The monoisotopic (exact) mass is 104 g/mol. The van der Waals surface area contributed by atoms with Crippen molar-refractivity contribution in [1.29, 1.82) is 0 Å². The molecule has 0 saturated heterocycles. The molecule has 0 unspecified atom stereocenters. The molecule has 38 valence electrons. The van der Waals surface area contributed by atoms with Gasteiger partial charge in [0.05, 0.1) is 0 Å². The fourth-order valence-corrected chi connectivity index (χ4v) is 0. The summed E-state index contributed by atoms with van der Waals surface area (Å²) in [6.07, 6.45) is -4.75. The zero-order valence-electron chi connectivity index (χ0n) is 2.59. The Hall–Kier alpha value is -0.320. The summed E-state index contributed by atoms with van der Waals surface area (Å²) < 4.78 is 41.3. The second-order valence-corrected chi connectivity index (χ2v) is 0.651. The number of hydrogen-bond acceptors (Lipinski definition) is 0. The zero-order valence-corrected chi connectivity index (χ0v) is 2.59. The third kappa shape index (κ3) is 3.68. The van der Waals surface area contributed by atoms with Crippen molar-refractivity contribution >= 4 is 0 Å². The number of quaternary nitrogens is 1. The molecule has 0 heterocycles. The van der Waals surface area contributed by atoms with Gasteiger partial charge in [0.2, 0.25) is 0 Å². The minimum absolute atomic E-state index is 1.31. The molecule has 0 aromatic heterocycles. The van der Waals surface area contributed by atoms with Crippen LogP contribution in [0, 0.1) is 0 Å². The molecule has 0 aromatic rings. The Morgan fingerprint density at radius 1 is 1.17 bits per heavy atom. The Bertz CT molecular complexity index is 37.3. The highest BCUT2D eigenvalue weighted by atomic mass is 19.4. The van der Waals surface area contributed by atoms with Crippen LogP contribution in [0.2, 0.25) is 0 Å². The van der Waals surface area contributed by atoms with Gasteiger partial charge < -0.3 is 0 Å². The van der Waals surface area contributed by atoms with Crippen molar-refractivity contribution in [2.75, 3.05) is 0 Å². The van der Waals surface area contributed by atoms with Crippen LogP contribution in [0.3, 0.4) is 0 Å². The van der Waals surface area contributed by atoms with Gasteiger partial charge in [0, 0.05) is 4.48 Å². The van der Waals surface area contributed by atoms with Crippen LogP contribution in [-0.4, -0.2) is 6.30 Å². The highest BCUT2D eigenvalue weighted by Crippen LogP contribution is 2.00. The van der Waals surface area contributed by atoms with E-state index in [2.05, 4.69) is 0 Å². The van der Waals surface area contributed by atoms with Crippen molar-refractivity contribution in [2.24, 2.45) is 0 Å². The molecular weight excluding hydrogens is 102 g/mol. The van der Waals surface area contributed by atoms with Crippen LogP contribution in [0.25, 0.3) is 0 Å². The predicted molar refractivity (Wildman–Crippen MR) is 9.09 cm³/mol. The normalized spacial score (nSPS) is 12.0. The summed E-state index contributed by atoms with van der Waals surface area (Å²) in [5.41, 5.74) is -1.31. The molecule has 0 rings (SSSR count). The lowest BCUT2D eigenvalue weighted by Crippen LogP contribution is -2.84. The molecule has 0 amide bonds. The van der Waals surface area contributed by atoms with Crippen LogP contribution in [0.1, 0.15) is 0 Å². The second-order valence-electron chi connectivity index (χ2n) is 0.651. The first-order valence-electron chi connectivity index (χ1n) is 1.07. The van der Waals surface area contributed by atoms with Crippen molar-refractivity contribution < 1.29 is 23.2 Å². The molecule has 0 aromatic carbocycles. The number of halogens is 4. The van der Waals surface area contributed by atoms with Gasteiger partial charge in [-0.25, -0.2) is 0 Å². The summed E-state index contributed by atoms with van der Waals surface area (Å²) in [6.45, 7) is 0. The van der Waals surface area contributed by atoms with Gasteiger partial charge >= 0.3 is 6.30 Å². The second kappa shape index (κ2) is 1.42. The zero-order chi connectivity index (χ0) is 5.21. The lowest BCUT2D eigenvalue weighted by molar-refractivity contribution is -0.940. The predicted octanol–water partition coefficient (Wildman–Crippen LogP) is -0.0459. The van der Waals surface area contributed by atoms with Gasteiger partial charge in [-0.3, -0.25) is 0 Å². The van der Waals surface area contributed by atoms with Crippen molar-refractivity contribution in [3.8, 4) is 0 Å².